The number of ether oxygens (including phenoxy) is 1. The average molecular weight is 453 g/mol. The molecule has 1 fully saturated rings. The van der Waals surface area contributed by atoms with Crippen molar-refractivity contribution in [1.29, 1.82) is 0 Å². The summed E-state index contributed by atoms with van der Waals surface area (Å²) in [4.78, 5) is 0. The van der Waals surface area contributed by atoms with Gasteiger partial charge in [0.25, 0.3) is 0 Å². The highest BCUT2D eigenvalue weighted by Crippen LogP contribution is 2.35. The van der Waals surface area contributed by atoms with Crippen molar-refractivity contribution in [2.24, 2.45) is 11.8 Å². The minimum absolute atomic E-state index is 0.00846. The maximum atomic E-state index is 14.8. The molecule has 0 amide bonds. The van der Waals surface area contributed by atoms with Gasteiger partial charge in [0.15, 0.2) is 0 Å². The van der Waals surface area contributed by atoms with Gasteiger partial charge in [0.2, 0.25) is 0 Å². The van der Waals surface area contributed by atoms with Crippen LogP contribution in [0.25, 0.3) is 11.1 Å². The topological polar surface area (TPSA) is 9.23 Å². The molecule has 0 aromatic heterocycles. The van der Waals surface area contributed by atoms with Crippen LogP contribution < -0.4 is 4.74 Å². The van der Waals surface area contributed by atoms with Gasteiger partial charge in [0.05, 0.1) is 5.56 Å². The molecule has 3 aromatic carbocycles. The molecule has 1 aliphatic rings. The zero-order chi connectivity index (χ0) is 23.4. The Morgan fingerprint density at radius 2 is 1.45 bits per heavy atom. The zero-order valence-corrected chi connectivity index (χ0v) is 19.3. The average Bonchev–Trinajstić information content (AvgIpc) is 2.79. The third kappa shape index (κ3) is 5.98. The van der Waals surface area contributed by atoms with E-state index in [9.17, 15) is 13.2 Å². The van der Waals surface area contributed by atoms with E-state index in [1.54, 1.807) is 18.2 Å². The highest BCUT2D eigenvalue weighted by Gasteiger charge is 2.37. The molecule has 4 rings (SSSR count). The number of rotatable bonds is 7. The lowest BCUT2D eigenvalue weighted by Crippen LogP contribution is -2.23. The highest BCUT2D eigenvalue weighted by atomic mass is 19.3. The number of benzene rings is 3. The Bertz CT molecular complexity index is 1050. The first-order valence-corrected chi connectivity index (χ1v) is 11.8. The smallest absolute Gasteiger partial charge is 0.429 e. The van der Waals surface area contributed by atoms with Crippen LogP contribution >= 0.6 is 0 Å². The lowest BCUT2D eigenvalue weighted by atomic mass is 9.80. The molecule has 1 saturated carbocycles. The molecule has 174 valence electrons. The Kier molecular flexibility index (Phi) is 7.11. The van der Waals surface area contributed by atoms with Crippen molar-refractivity contribution in [3.63, 3.8) is 0 Å². The monoisotopic (exact) mass is 452 g/mol. The van der Waals surface area contributed by atoms with Crippen molar-refractivity contribution < 1.29 is 17.9 Å². The largest absolute Gasteiger partial charge is 0.429 e. The van der Waals surface area contributed by atoms with Gasteiger partial charge < -0.3 is 4.74 Å². The molecular formula is C29H31F3O. The van der Waals surface area contributed by atoms with Crippen molar-refractivity contribution in [2.75, 3.05) is 0 Å². The van der Waals surface area contributed by atoms with Gasteiger partial charge >= 0.3 is 6.11 Å². The summed E-state index contributed by atoms with van der Waals surface area (Å²) in [7, 11) is 0. The molecule has 0 atom stereocenters. The molecule has 0 heterocycles. The minimum atomic E-state index is -3.76. The highest BCUT2D eigenvalue weighted by molar-refractivity contribution is 5.64. The summed E-state index contributed by atoms with van der Waals surface area (Å²) in [5, 5.41) is 0. The maximum Gasteiger partial charge on any atom is 0.429 e. The first kappa shape index (κ1) is 23.4. The first-order valence-electron chi connectivity index (χ1n) is 11.8. The van der Waals surface area contributed by atoms with Gasteiger partial charge in [0, 0.05) is 0 Å². The number of hydrogen-bond acceptors (Lipinski definition) is 1. The van der Waals surface area contributed by atoms with Gasteiger partial charge in [-0.1, -0.05) is 80.6 Å². The van der Waals surface area contributed by atoms with Crippen molar-refractivity contribution in [3.05, 3.63) is 89.2 Å². The van der Waals surface area contributed by atoms with Crippen molar-refractivity contribution in [3.8, 4) is 16.9 Å². The summed E-state index contributed by atoms with van der Waals surface area (Å²) < 4.78 is 49.0. The van der Waals surface area contributed by atoms with E-state index >= 15 is 0 Å². The molecular weight excluding hydrogens is 421 g/mol. The second-order valence-electron chi connectivity index (χ2n) is 9.49. The van der Waals surface area contributed by atoms with Crippen LogP contribution in [0.4, 0.5) is 13.2 Å². The first-order chi connectivity index (χ1) is 15.8. The number of alkyl halides is 2. The molecule has 0 N–H and O–H groups in total. The van der Waals surface area contributed by atoms with E-state index in [4.69, 9.17) is 4.74 Å². The number of hydrogen-bond donors (Lipinski definition) is 0. The van der Waals surface area contributed by atoms with Crippen molar-refractivity contribution in [1.82, 2.24) is 0 Å². The molecule has 0 spiro atoms. The standard InChI is InChI=1S/C29H31F3O/c1-20-3-7-22(8-4-20)9-10-23-11-18-27(28(30)19-23)29(31,32)33-26-16-14-25(15-17-26)24-12-5-21(2)6-13-24/h5-6,11-20,22H,3-4,7-10H2,1-2H3. The van der Waals surface area contributed by atoms with Crippen LogP contribution in [0, 0.1) is 24.6 Å². The summed E-state index contributed by atoms with van der Waals surface area (Å²) in [6, 6.07) is 18.4. The molecule has 0 unspecified atom stereocenters. The van der Waals surface area contributed by atoms with Crippen LogP contribution in [0.15, 0.2) is 66.7 Å². The fourth-order valence-corrected chi connectivity index (χ4v) is 4.60. The quantitative estimate of drug-likeness (QED) is 0.348. The predicted octanol–water partition coefficient (Wildman–Crippen LogP) is 8.69. The second kappa shape index (κ2) is 10.0. The van der Waals surface area contributed by atoms with Crippen LogP contribution in [0.1, 0.15) is 55.7 Å². The summed E-state index contributed by atoms with van der Waals surface area (Å²) in [5.41, 5.74) is 3.06. The normalized spacial score (nSPS) is 18.8. The third-order valence-electron chi connectivity index (χ3n) is 6.81. The van der Waals surface area contributed by atoms with Crippen LogP contribution in [0.2, 0.25) is 0 Å². The Hall–Kier alpha value is -2.75. The minimum Gasteiger partial charge on any atom is -0.429 e. The summed E-state index contributed by atoms with van der Waals surface area (Å²) in [6.07, 6.45) is 2.83. The van der Waals surface area contributed by atoms with Crippen LogP contribution in [0.3, 0.4) is 0 Å². The lowest BCUT2D eigenvalue weighted by Gasteiger charge is -2.26. The Morgan fingerprint density at radius 1 is 0.848 bits per heavy atom. The van der Waals surface area contributed by atoms with Gasteiger partial charge in [-0.3, -0.25) is 0 Å². The molecule has 1 nitrogen and oxygen atoms in total. The zero-order valence-electron chi connectivity index (χ0n) is 19.3. The molecule has 33 heavy (non-hydrogen) atoms. The van der Waals surface area contributed by atoms with Gasteiger partial charge in [-0.15, -0.1) is 0 Å². The number of aryl methyl sites for hydroxylation is 2. The van der Waals surface area contributed by atoms with Crippen molar-refractivity contribution in [2.45, 2.75) is 58.5 Å². The summed E-state index contributed by atoms with van der Waals surface area (Å²) in [6.45, 7) is 4.29. The molecule has 3 aromatic rings. The summed E-state index contributed by atoms with van der Waals surface area (Å²) >= 11 is 0. The van der Waals surface area contributed by atoms with E-state index < -0.39 is 17.5 Å². The summed E-state index contributed by atoms with van der Waals surface area (Å²) in [5.74, 6) is 0.507. The Morgan fingerprint density at radius 3 is 2.06 bits per heavy atom. The van der Waals surface area contributed by atoms with Crippen LogP contribution in [-0.4, -0.2) is 0 Å². The van der Waals surface area contributed by atoms with E-state index in [0.717, 1.165) is 40.7 Å². The second-order valence-corrected chi connectivity index (χ2v) is 9.49. The van der Waals surface area contributed by atoms with E-state index in [2.05, 4.69) is 6.92 Å². The van der Waals surface area contributed by atoms with Gasteiger partial charge in [0.1, 0.15) is 11.6 Å². The molecule has 0 saturated heterocycles. The number of halogens is 3. The van der Waals surface area contributed by atoms with Crippen LogP contribution in [0.5, 0.6) is 5.75 Å². The fraction of sp³-hybridized carbons (Fsp3) is 0.379. The van der Waals surface area contributed by atoms with Crippen LogP contribution in [-0.2, 0) is 12.5 Å². The molecule has 4 heteroatoms. The van der Waals surface area contributed by atoms with Crippen molar-refractivity contribution >= 4 is 0 Å². The molecule has 1 aliphatic carbocycles. The van der Waals surface area contributed by atoms with E-state index in [1.807, 2.05) is 31.2 Å². The third-order valence-corrected chi connectivity index (χ3v) is 6.81. The van der Waals surface area contributed by atoms with Gasteiger partial charge in [-0.05, 0) is 72.6 Å². The predicted molar refractivity (Wildman–Crippen MR) is 127 cm³/mol. The van der Waals surface area contributed by atoms with E-state index in [-0.39, 0.29) is 5.75 Å². The molecule has 0 radical (unpaired) electrons. The Labute approximate surface area is 194 Å². The SMILES string of the molecule is Cc1ccc(-c2ccc(OC(F)(F)c3ccc(CCC4CCC(C)CC4)cc3F)cc2)cc1. The fourth-order valence-electron chi connectivity index (χ4n) is 4.60. The lowest BCUT2D eigenvalue weighted by molar-refractivity contribution is -0.187. The molecule has 0 bridgehead atoms. The Balaban J connectivity index is 1.39. The van der Waals surface area contributed by atoms with E-state index in [1.165, 1.54) is 43.9 Å². The van der Waals surface area contributed by atoms with Gasteiger partial charge in [-0.25, -0.2) is 4.39 Å². The van der Waals surface area contributed by atoms with Gasteiger partial charge in [-0.2, -0.15) is 8.78 Å². The van der Waals surface area contributed by atoms with E-state index in [0.29, 0.717) is 12.3 Å². The molecule has 0 aliphatic heterocycles. The maximum absolute atomic E-state index is 14.8.